The van der Waals surface area contributed by atoms with E-state index in [0.717, 1.165) is 30.8 Å². The lowest BCUT2D eigenvalue weighted by Gasteiger charge is -2.33. The van der Waals surface area contributed by atoms with Crippen LogP contribution in [0.3, 0.4) is 0 Å². The molecule has 1 aromatic carbocycles. The van der Waals surface area contributed by atoms with Crippen molar-refractivity contribution in [1.29, 1.82) is 0 Å². The summed E-state index contributed by atoms with van der Waals surface area (Å²) in [5.74, 6) is -0.0766. The molecule has 1 aliphatic rings. The summed E-state index contributed by atoms with van der Waals surface area (Å²) >= 11 is 0. The fraction of sp³-hybridized carbons (Fsp3) is 0.667. The van der Waals surface area contributed by atoms with E-state index in [2.05, 4.69) is 37.9 Å². The Kier molecular flexibility index (Phi) is 5.39. The zero-order valence-electron chi connectivity index (χ0n) is 13.9. The predicted molar refractivity (Wildman–Crippen MR) is 86.7 cm³/mol. The third-order valence-electron chi connectivity index (χ3n) is 4.25. The second kappa shape index (κ2) is 6.89. The molecule has 0 saturated carbocycles. The van der Waals surface area contributed by atoms with Gasteiger partial charge in [-0.05, 0) is 58.7 Å². The van der Waals surface area contributed by atoms with Gasteiger partial charge < -0.3 is 5.32 Å². The van der Waals surface area contributed by atoms with Crippen LogP contribution in [0.4, 0.5) is 4.39 Å². The molecule has 1 fully saturated rings. The minimum Gasteiger partial charge on any atom is -0.308 e. The number of hydrogen-bond acceptors (Lipinski definition) is 2. The van der Waals surface area contributed by atoms with Crippen LogP contribution in [0, 0.1) is 5.82 Å². The first kappa shape index (κ1) is 16.4. The highest BCUT2D eigenvalue weighted by Gasteiger charge is 2.19. The zero-order chi connectivity index (χ0) is 15.5. The summed E-state index contributed by atoms with van der Waals surface area (Å²) in [6.45, 7) is 11.3. The highest BCUT2D eigenvalue weighted by molar-refractivity contribution is 5.25. The summed E-state index contributed by atoms with van der Waals surface area (Å²) in [7, 11) is 0. The Morgan fingerprint density at radius 1 is 1.29 bits per heavy atom. The van der Waals surface area contributed by atoms with Gasteiger partial charge in [0.15, 0.2) is 0 Å². The molecule has 0 radical (unpaired) electrons. The SMILES string of the molecule is CC1CCCCN1Cc1cc(CNC(C)(C)C)ccc1F. The van der Waals surface area contributed by atoms with E-state index in [-0.39, 0.29) is 11.4 Å². The molecule has 118 valence electrons. The lowest BCUT2D eigenvalue weighted by atomic mass is 10.0. The fourth-order valence-corrected chi connectivity index (χ4v) is 2.84. The van der Waals surface area contributed by atoms with Gasteiger partial charge in [0.1, 0.15) is 5.82 Å². The monoisotopic (exact) mass is 292 g/mol. The molecule has 0 aromatic heterocycles. The first-order valence-corrected chi connectivity index (χ1v) is 8.11. The zero-order valence-corrected chi connectivity index (χ0v) is 13.9. The van der Waals surface area contributed by atoms with Crippen molar-refractivity contribution in [2.75, 3.05) is 6.54 Å². The van der Waals surface area contributed by atoms with E-state index in [9.17, 15) is 4.39 Å². The number of hydrogen-bond donors (Lipinski definition) is 1. The van der Waals surface area contributed by atoms with Gasteiger partial charge in [0.2, 0.25) is 0 Å². The molecule has 1 aliphatic heterocycles. The van der Waals surface area contributed by atoms with Gasteiger partial charge in [0, 0.05) is 30.2 Å². The standard InChI is InChI=1S/C18H29FN2/c1-14-7-5-6-10-21(14)13-16-11-15(8-9-17(16)19)12-20-18(2,3)4/h8-9,11,14,20H,5-7,10,12-13H2,1-4H3. The number of piperidine rings is 1. The lowest BCUT2D eigenvalue weighted by Crippen LogP contribution is -2.37. The van der Waals surface area contributed by atoms with Gasteiger partial charge in [0.25, 0.3) is 0 Å². The molecule has 0 aliphatic carbocycles. The van der Waals surface area contributed by atoms with Crippen molar-refractivity contribution >= 4 is 0 Å². The van der Waals surface area contributed by atoms with Crippen molar-refractivity contribution in [1.82, 2.24) is 10.2 Å². The molecule has 1 heterocycles. The second-order valence-corrected chi connectivity index (χ2v) is 7.34. The van der Waals surface area contributed by atoms with Crippen molar-refractivity contribution in [2.45, 2.75) is 71.6 Å². The van der Waals surface area contributed by atoms with Gasteiger partial charge in [0.05, 0.1) is 0 Å². The minimum atomic E-state index is -0.0766. The van der Waals surface area contributed by atoms with E-state index in [4.69, 9.17) is 0 Å². The van der Waals surface area contributed by atoms with Crippen LogP contribution in [0.25, 0.3) is 0 Å². The molecule has 2 nitrogen and oxygen atoms in total. The molecular weight excluding hydrogens is 263 g/mol. The topological polar surface area (TPSA) is 15.3 Å². The maximum absolute atomic E-state index is 14.1. The van der Waals surface area contributed by atoms with E-state index in [1.54, 1.807) is 6.07 Å². The van der Waals surface area contributed by atoms with Crippen molar-refractivity contribution < 1.29 is 4.39 Å². The molecule has 0 spiro atoms. The Bertz CT molecular complexity index is 465. The molecule has 3 heteroatoms. The normalized spacial score (nSPS) is 20.7. The summed E-state index contributed by atoms with van der Waals surface area (Å²) in [4.78, 5) is 2.41. The van der Waals surface area contributed by atoms with E-state index < -0.39 is 0 Å². The van der Waals surface area contributed by atoms with Crippen molar-refractivity contribution in [3.8, 4) is 0 Å². The quantitative estimate of drug-likeness (QED) is 0.899. The minimum absolute atomic E-state index is 0.0766. The average Bonchev–Trinajstić information content (AvgIpc) is 2.41. The van der Waals surface area contributed by atoms with Crippen molar-refractivity contribution in [3.05, 3.63) is 35.1 Å². The maximum atomic E-state index is 14.1. The summed E-state index contributed by atoms with van der Waals surface area (Å²) in [5.41, 5.74) is 2.07. The number of rotatable bonds is 4. The summed E-state index contributed by atoms with van der Waals surface area (Å²) in [6.07, 6.45) is 3.76. The average molecular weight is 292 g/mol. The van der Waals surface area contributed by atoms with Crippen LogP contribution in [-0.4, -0.2) is 23.0 Å². The third kappa shape index (κ3) is 5.08. The highest BCUT2D eigenvalue weighted by atomic mass is 19.1. The number of halogens is 1. The van der Waals surface area contributed by atoms with E-state index in [0.29, 0.717) is 6.04 Å². The van der Waals surface area contributed by atoms with E-state index >= 15 is 0 Å². The summed E-state index contributed by atoms with van der Waals surface area (Å²) < 4.78 is 14.1. The van der Waals surface area contributed by atoms with Gasteiger partial charge in [-0.3, -0.25) is 4.90 Å². The van der Waals surface area contributed by atoms with Crippen molar-refractivity contribution in [2.24, 2.45) is 0 Å². The molecule has 1 atom stereocenters. The van der Waals surface area contributed by atoms with Gasteiger partial charge >= 0.3 is 0 Å². The smallest absolute Gasteiger partial charge is 0.127 e. The Morgan fingerprint density at radius 2 is 2.05 bits per heavy atom. The van der Waals surface area contributed by atoms with Gasteiger partial charge in [-0.2, -0.15) is 0 Å². The Labute approximate surface area is 128 Å². The van der Waals surface area contributed by atoms with Gasteiger partial charge in [-0.25, -0.2) is 4.39 Å². The first-order valence-electron chi connectivity index (χ1n) is 8.11. The number of likely N-dealkylation sites (tertiary alicyclic amines) is 1. The number of nitrogens with one attached hydrogen (secondary N) is 1. The summed E-state index contributed by atoms with van der Waals surface area (Å²) in [5, 5.41) is 3.46. The van der Waals surface area contributed by atoms with E-state index in [1.807, 2.05) is 12.1 Å². The molecule has 1 unspecified atom stereocenters. The molecule has 1 aromatic rings. The van der Waals surface area contributed by atoms with Crippen LogP contribution in [-0.2, 0) is 13.1 Å². The lowest BCUT2D eigenvalue weighted by molar-refractivity contribution is 0.151. The molecule has 2 rings (SSSR count). The first-order chi connectivity index (χ1) is 9.85. The number of benzene rings is 1. The number of nitrogens with zero attached hydrogens (tertiary/aromatic N) is 1. The van der Waals surface area contributed by atoms with E-state index in [1.165, 1.54) is 19.3 Å². The van der Waals surface area contributed by atoms with Crippen LogP contribution < -0.4 is 5.32 Å². The Balaban J connectivity index is 2.04. The van der Waals surface area contributed by atoms with Crippen LogP contribution in [0.2, 0.25) is 0 Å². The molecule has 0 amide bonds. The summed E-state index contributed by atoms with van der Waals surface area (Å²) in [6, 6.07) is 6.09. The Morgan fingerprint density at radius 3 is 2.71 bits per heavy atom. The molecule has 0 bridgehead atoms. The maximum Gasteiger partial charge on any atom is 0.127 e. The molecular formula is C18H29FN2. The van der Waals surface area contributed by atoms with Crippen LogP contribution in [0.15, 0.2) is 18.2 Å². The van der Waals surface area contributed by atoms with Gasteiger partial charge in [-0.1, -0.05) is 18.6 Å². The highest BCUT2D eigenvalue weighted by Crippen LogP contribution is 2.21. The molecule has 21 heavy (non-hydrogen) atoms. The molecule has 1 saturated heterocycles. The van der Waals surface area contributed by atoms with Crippen LogP contribution in [0.5, 0.6) is 0 Å². The fourth-order valence-electron chi connectivity index (χ4n) is 2.84. The third-order valence-corrected chi connectivity index (χ3v) is 4.25. The largest absolute Gasteiger partial charge is 0.308 e. The molecule has 1 N–H and O–H groups in total. The Hall–Kier alpha value is -0.930. The predicted octanol–water partition coefficient (Wildman–Crippen LogP) is 4.09. The van der Waals surface area contributed by atoms with Crippen LogP contribution >= 0.6 is 0 Å². The van der Waals surface area contributed by atoms with Crippen molar-refractivity contribution in [3.63, 3.8) is 0 Å². The van der Waals surface area contributed by atoms with Crippen LogP contribution in [0.1, 0.15) is 58.1 Å². The second-order valence-electron chi connectivity index (χ2n) is 7.34. The van der Waals surface area contributed by atoms with Gasteiger partial charge in [-0.15, -0.1) is 0 Å².